The lowest BCUT2D eigenvalue weighted by molar-refractivity contribution is 0.602. The monoisotopic (exact) mass is 163 g/mol. The van der Waals surface area contributed by atoms with Crippen LogP contribution < -0.4 is 5.44 Å². The van der Waals surface area contributed by atoms with E-state index in [4.69, 9.17) is 0 Å². The minimum absolute atomic E-state index is 0.0484. The van der Waals surface area contributed by atoms with Gasteiger partial charge in [0.25, 0.3) is 0 Å². The summed E-state index contributed by atoms with van der Waals surface area (Å²) in [7, 11) is 0.0484. The van der Waals surface area contributed by atoms with Gasteiger partial charge in [-0.3, -0.25) is 4.57 Å². The van der Waals surface area contributed by atoms with Crippen LogP contribution in [0.3, 0.4) is 0 Å². The van der Waals surface area contributed by atoms with Gasteiger partial charge in [0, 0.05) is 10.9 Å². The van der Waals surface area contributed by atoms with Crippen molar-refractivity contribution in [3.63, 3.8) is 0 Å². The summed E-state index contributed by atoms with van der Waals surface area (Å²) >= 11 is 0. The second-order valence-electron chi connectivity index (χ2n) is 2.33. The summed E-state index contributed by atoms with van der Waals surface area (Å²) in [5.74, 6) is 0. The molecule has 0 bridgehead atoms. The van der Waals surface area contributed by atoms with Gasteiger partial charge in [0.2, 0.25) is 8.46 Å². The van der Waals surface area contributed by atoms with E-state index in [0.717, 1.165) is 16.3 Å². The van der Waals surface area contributed by atoms with Gasteiger partial charge in [-0.2, -0.15) is 0 Å². The lowest BCUT2D eigenvalue weighted by Crippen LogP contribution is -1.86. The third-order valence-electron chi connectivity index (χ3n) is 1.61. The fourth-order valence-electron chi connectivity index (χ4n) is 1.11. The highest BCUT2D eigenvalue weighted by molar-refractivity contribution is 7.33. The van der Waals surface area contributed by atoms with E-state index in [9.17, 15) is 4.57 Å². The van der Waals surface area contributed by atoms with E-state index < -0.39 is 0 Å². The lowest BCUT2D eigenvalue weighted by Gasteiger charge is -1.83. The van der Waals surface area contributed by atoms with E-state index in [-0.39, 0.29) is 8.46 Å². The fourth-order valence-corrected chi connectivity index (χ4v) is 1.47. The van der Waals surface area contributed by atoms with Gasteiger partial charge in [-0.05, 0) is 12.1 Å². The molecule has 0 unspecified atom stereocenters. The number of aromatic nitrogens is 1. The first-order chi connectivity index (χ1) is 5.40. The van der Waals surface area contributed by atoms with Gasteiger partial charge in [-0.15, -0.1) is 0 Å². The maximum Gasteiger partial charge on any atom is 0.210 e. The Balaban J connectivity index is 2.78. The highest BCUT2D eigenvalue weighted by Gasteiger charge is 1.96. The molecule has 0 atom stereocenters. The van der Waals surface area contributed by atoms with E-state index in [2.05, 4.69) is 4.98 Å². The van der Waals surface area contributed by atoms with Gasteiger partial charge in [-0.1, -0.05) is 18.2 Å². The average Bonchev–Trinajstić information content (AvgIpc) is 2.46. The maximum atomic E-state index is 10.4. The molecule has 1 aromatic carbocycles. The van der Waals surface area contributed by atoms with Crippen LogP contribution in [0.1, 0.15) is 0 Å². The smallest absolute Gasteiger partial charge is 0.210 e. The zero-order valence-electron chi connectivity index (χ0n) is 5.74. The fraction of sp³-hybridized carbons (Fsp3) is 0. The van der Waals surface area contributed by atoms with E-state index in [1.165, 1.54) is 0 Å². The Morgan fingerprint density at radius 3 is 2.82 bits per heavy atom. The van der Waals surface area contributed by atoms with Crippen molar-refractivity contribution in [1.82, 2.24) is 4.98 Å². The van der Waals surface area contributed by atoms with Gasteiger partial charge >= 0.3 is 0 Å². The molecule has 2 aromatic rings. The number of hydrogen-bond acceptors (Lipinski definition) is 1. The van der Waals surface area contributed by atoms with Gasteiger partial charge in [-0.25, -0.2) is 0 Å². The second-order valence-corrected chi connectivity index (χ2v) is 3.00. The molecule has 1 N–H and O–H groups in total. The number of rotatable bonds is 1. The van der Waals surface area contributed by atoms with Crippen molar-refractivity contribution in [2.75, 3.05) is 0 Å². The van der Waals surface area contributed by atoms with Crippen molar-refractivity contribution in [3.05, 3.63) is 30.3 Å². The largest absolute Gasteiger partial charge is 0.349 e. The zero-order chi connectivity index (χ0) is 7.68. The summed E-state index contributed by atoms with van der Waals surface area (Å²) < 4.78 is 10.4. The van der Waals surface area contributed by atoms with Crippen molar-refractivity contribution in [1.29, 1.82) is 0 Å². The van der Waals surface area contributed by atoms with E-state index in [1.54, 1.807) is 0 Å². The van der Waals surface area contributed by atoms with Crippen LogP contribution in [0.4, 0.5) is 0 Å². The summed E-state index contributed by atoms with van der Waals surface area (Å²) in [6.07, 6.45) is 0. The molecule has 0 saturated carbocycles. The number of benzene rings is 1. The molecule has 1 heterocycles. The average molecular weight is 163 g/mol. The van der Waals surface area contributed by atoms with Crippen LogP contribution in [0, 0.1) is 0 Å². The molecule has 0 aliphatic rings. The summed E-state index contributed by atoms with van der Waals surface area (Å²) in [5, 5.41) is 1.10. The molecular formula is C8H6NOP. The molecule has 0 radical (unpaired) electrons. The number of aromatic amines is 1. The molecule has 2 nitrogen and oxygen atoms in total. The van der Waals surface area contributed by atoms with Crippen LogP contribution in [0.25, 0.3) is 10.9 Å². The molecule has 54 valence electrons. The third-order valence-corrected chi connectivity index (χ3v) is 2.05. The highest BCUT2D eigenvalue weighted by Crippen LogP contribution is 2.11. The van der Waals surface area contributed by atoms with Crippen molar-refractivity contribution >= 4 is 24.8 Å². The first-order valence-corrected chi connectivity index (χ1v) is 4.12. The van der Waals surface area contributed by atoms with Crippen LogP contribution in [-0.2, 0) is 4.57 Å². The first-order valence-electron chi connectivity index (χ1n) is 3.31. The first kappa shape index (κ1) is 6.56. The summed E-state index contributed by atoms with van der Waals surface area (Å²) in [5.41, 5.74) is 1.76. The van der Waals surface area contributed by atoms with Crippen molar-refractivity contribution in [2.45, 2.75) is 0 Å². The van der Waals surface area contributed by atoms with Crippen molar-refractivity contribution in [3.8, 4) is 0 Å². The number of hydrogen-bond donors (Lipinski definition) is 1. The molecular weight excluding hydrogens is 157 g/mol. The van der Waals surface area contributed by atoms with Crippen LogP contribution in [0.15, 0.2) is 30.3 Å². The number of para-hydroxylation sites is 1. The van der Waals surface area contributed by atoms with Crippen molar-refractivity contribution < 1.29 is 4.57 Å². The molecule has 1 aromatic heterocycles. The van der Waals surface area contributed by atoms with Gasteiger partial charge in [0.05, 0.1) is 0 Å². The van der Waals surface area contributed by atoms with Crippen LogP contribution in [-0.4, -0.2) is 4.98 Å². The molecule has 2 rings (SSSR count). The number of fused-ring (bicyclic) bond motifs is 1. The van der Waals surface area contributed by atoms with E-state index in [1.807, 2.05) is 30.3 Å². The molecule has 11 heavy (non-hydrogen) atoms. The highest BCUT2D eigenvalue weighted by atomic mass is 31.1. The Morgan fingerprint density at radius 2 is 2.09 bits per heavy atom. The Morgan fingerprint density at radius 1 is 1.27 bits per heavy atom. The van der Waals surface area contributed by atoms with Crippen LogP contribution in [0.2, 0.25) is 0 Å². The Hall–Kier alpha value is -1.14. The SMILES string of the molecule is O=Pc1cc2ccccc2[nH]1. The third kappa shape index (κ3) is 1.06. The predicted octanol–water partition coefficient (Wildman–Crippen LogP) is 2.08. The standard InChI is InChI=1S/C8H6NOP/c10-11-8-5-6-3-1-2-4-7(6)9-8/h1-5,9H. The molecule has 0 fully saturated rings. The van der Waals surface area contributed by atoms with E-state index >= 15 is 0 Å². The Bertz CT molecular complexity index is 361. The zero-order valence-corrected chi connectivity index (χ0v) is 6.64. The molecule has 0 saturated heterocycles. The molecule has 0 aliphatic carbocycles. The van der Waals surface area contributed by atoms with E-state index in [0.29, 0.717) is 0 Å². The molecule has 0 aliphatic heterocycles. The van der Waals surface area contributed by atoms with Crippen molar-refractivity contribution in [2.24, 2.45) is 0 Å². The van der Waals surface area contributed by atoms with Gasteiger partial charge in [0.15, 0.2) is 0 Å². The van der Waals surface area contributed by atoms with Gasteiger partial charge < -0.3 is 4.98 Å². The normalized spacial score (nSPS) is 10.9. The minimum atomic E-state index is 0.0484. The topological polar surface area (TPSA) is 32.9 Å². The Labute approximate surface area is 65.4 Å². The molecule has 3 heteroatoms. The molecule has 0 amide bonds. The maximum absolute atomic E-state index is 10.4. The predicted molar refractivity (Wildman–Crippen MR) is 45.5 cm³/mol. The second kappa shape index (κ2) is 2.48. The van der Waals surface area contributed by atoms with Crippen LogP contribution in [0.5, 0.6) is 0 Å². The molecule has 0 spiro atoms. The Kier molecular flexibility index (Phi) is 1.48. The summed E-state index contributed by atoms with van der Waals surface area (Å²) in [6, 6.07) is 9.74. The van der Waals surface area contributed by atoms with Gasteiger partial charge in [0.1, 0.15) is 5.44 Å². The minimum Gasteiger partial charge on any atom is -0.349 e. The summed E-state index contributed by atoms with van der Waals surface area (Å²) in [4.78, 5) is 3.02. The summed E-state index contributed by atoms with van der Waals surface area (Å²) in [6.45, 7) is 0. The quantitative estimate of drug-likeness (QED) is 0.641. The van der Waals surface area contributed by atoms with Crippen LogP contribution >= 0.6 is 8.46 Å². The number of nitrogens with one attached hydrogen (secondary N) is 1. The number of H-pyrrole nitrogens is 1. The lowest BCUT2D eigenvalue weighted by atomic mass is 10.3.